The van der Waals surface area contributed by atoms with Gasteiger partial charge in [-0.25, -0.2) is 8.42 Å². The highest BCUT2D eigenvalue weighted by Gasteiger charge is 2.35. The van der Waals surface area contributed by atoms with Gasteiger partial charge in [0, 0.05) is 19.1 Å². The molecule has 2 saturated heterocycles. The fourth-order valence-electron chi connectivity index (χ4n) is 3.59. The lowest BCUT2D eigenvalue weighted by atomic mass is 10.1. The predicted molar refractivity (Wildman–Crippen MR) is 80.6 cm³/mol. The molecule has 1 unspecified atom stereocenters. The molecule has 2 fully saturated rings. The van der Waals surface area contributed by atoms with Crippen molar-refractivity contribution in [2.75, 3.05) is 26.2 Å². The van der Waals surface area contributed by atoms with Crippen molar-refractivity contribution in [3.63, 3.8) is 0 Å². The average molecular weight is 312 g/mol. The van der Waals surface area contributed by atoms with Gasteiger partial charge in [-0.05, 0) is 52.6 Å². The summed E-state index contributed by atoms with van der Waals surface area (Å²) in [4.78, 5) is 2.82. The highest BCUT2D eigenvalue weighted by atomic mass is 32.2. The Morgan fingerprint density at radius 1 is 1.14 bits per heavy atom. The van der Waals surface area contributed by atoms with Gasteiger partial charge in [0.2, 0.25) is 10.0 Å². The second kappa shape index (κ2) is 5.70. The third-order valence-corrected chi connectivity index (χ3v) is 6.80. The van der Waals surface area contributed by atoms with Crippen molar-refractivity contribution in [1.29, 1.82) is 0 Å². The number of nitrogens with one attached hydrogen (secondary N) is 1. The summed E-state index contributed by atoms with van der Waals surface area (Å²) in [6.45, 7) is 6.99. The molecule has 1 aromatic heterocycles. The van der Waals surface area contributed by atoms with Gasteiger partial charge in [-0.2, -0.15) is 9.40 Å². The molecule has 118 valence electrons. The molecular weight excluding hydrogens is 288 g/mol. The topological polar surface area (TPSA) is 69.3 Å². The zero-order chi connectivity index (χ0) is 15.0. The number of H-pyrrole nitrogens is 1. The van der Waals surface area contributed by atoms with Crippen LogP contribution in [0.4, 0.5) is 0 Å². The molecule has 0 bridgehead atoms. The quantitative estimate of drug-likeness (QED) is 0.913. The first kappa shape index (κ1) is 15.0. The number of piperidine rings is 1. The molecule has 1 N–H and O–H groups in total. The first-order valence-electron chi connectivity index (χ1n) is 7.76. The van der Waals surface area contributed by atoms with Crippen LogP contribution in [0.1, 0.15) is 37.1 Å². The minimum Gasteiger partial charge on any atom is -0.299 e. The van der Waals surface area contributed by atoms with Gasteiger partial charge in [0.15, 0.2) is 0 Å². The standard InChI is InChI=1S/C14H24N4O2S/c1-11-14(12(2)16-15-11)21(19,20)18-9-5-6-13(10-18)17-7-3-4-8-17/h13H,3-10H2,1-2H3,(H,15,16). The van der Waals surface area contributed by atoms with Gasteiger partial charge in [0.25, 0.3) is 0 Å². The molecule has 2 aliphatic heterocycles. The van der Waals surface area contributed by atoms with Crippen LogP contribution in [0, 0.1) is 13.8 Å². The molecular formula is C14H24N4O2S. The number of rotatable bonds is 3. The molecule has 0 saturated carbocycles. The molecule has 2 aliphatic rings. The largest absolute Gasteiger partial charge is 0.299 e. The van der Waals surface area contributed by atoms with E-state index in [9.17, 15) is 8.42 Å². The van der Waals surface area contributed by atoms with Crippen LogP contribution >= 0.6 is 0 Å². The molecule has 0 radical (unpaired) electrons. The number of aromatic nitrogens is 2. The number of hydrogen-bond acceptors (Lipinski definition) is 4. The van der Waals surface area contributed by atoms with Gasteiger partial charge in [0.1, 0.15) is 4.90 Å². The maximum absolute atomic E-state index is 12.9. The van der Waals surface area contributed by atoms with E-state index in [2.05, 4.69) is 15.1 Å². The highest BCUT2D eigenvalue weighted by Crippen LogP contribution is 2.27. The van der Waals surface area contributed by atoms with E-state index in [1.54, 1.807) is 18.2 Å². The number of sulfonamides is 1. The van der Waals surface area contributed by atoms with Crippen molar-refractivity contribution < 1.29 is 8.42 Å². The van der Waals surface area contributed by atoms with Crippen molar-refractivity contribution in [2.45, 2.75) is 50.5 Å². The Hall–Kier alpha value is -0.920. The number of nitrogens with zero attached hydrogens (tertiary/aromatic N) is 3. The van der Waals surface area contributed by atoms with E-state index in [1.165, 1.54) is 12.8 Å². The number of aromatic amines is 1. The number of likely N-dealkylation sites (tertiary alicyclic amines) is 1. The maximum atomic E-state index is 12.9. The number of hydrogen-bond donors (Lipinski definition) is 1. The first-order valence-corrected chi connectivity index (χ1v) is 9.20. The molecule has 21 heavy (non-hydrogen) atoms. The third-order valence-electron chi connectivity index (χ3n) is 4.67. The molecule has 6 nitrogen and oxygen atoms in total. The second-order valence-electron chi connectivity index (χ2n) is 6.17. The fraction of sp³-hybridized carbons (Fsp3) is 0.786. The molecule has 0 aliphatic carbocycles. The van der Waals surface area contributed by atoms with E-state index in [0.717, 1.165) is 25.9 Å². The van der Waals surface area contributed by atoms with E-state index in [-0.39, 0.29) is 0 Å². The van der Waals surface area contributed by atoms with E-state index in [4.69, 9.17) is 0 Å². The van der Waals surface area contributed by atoms with Crippen molar-refractivity contribution in [1.82, 2.24) is 19.4 Å². The van der Waals surface area contributed by atoms with Gasteiger partial charge >= 0.3 is 0 Å². The van der Waals surface area contributed by atoms with Crippen LogP contribution in [0.5, 0.6) is 0 Å². The van der Waals surface area contributed by atoms with Crippen LogP contribution in [0.2, 0.25) is 0 Å². The van der Waals surface area contributed by atoms with Gasteiger partial charge in [-0.3, -0.25) is 10.00 Å². The van der Waals surface area contributed by atoms with Crippen LogP contribution in [0.3, 0.4) is 0 Å². The third kappa shape index (κ3) is 2.74. The predicted octanol–water partition coefficient (Wildman–Crippen LogP) is 1.28. The summed E-state index contributed by atoms with van der Waals surface area (Å²) in [5.41, 5.74) is 1.20. The second-order valence-corrected chi connectivity index (χ2v) is 8.04. The van der Waals surface area contributed by atoms with Crippen LogP contribution in [-0.4, -0.2) is 60.0 Å². The first-order chi connectivity index (χ1) is 10.00. The van der Waals surface area contributed by atoms with Crippen molar-refractivity contribution in [2.24, 2.45) is 0 Å². The summed E-state index contributed by atoms with van der Waals surface area (Å²) in [5, 5.41) is 6.81. The lowest BCUT2D eigenvalue weighted by molar-refractivity contribution is 0.162. The minimum atomic E-state index is -3.43. The Morgan fingerprint density at radius 3 is 2.48 bits per heavy atom. The van der Waals surface area contributed by atoms with Crippen LogP contribution in [-0.2, 0) is 10.0 Å². The normalized spacial score (nSPS) is 25.5. The van der Waals surface area contributed by atoms with Gasteiger partial charge in [-0.1, -0.05) is 0 Å². The smallest absolute Gasteiger partial charge is 0.246 e. The zero-order valence-electron chi connectivity index (χ0n) is 12.8. The molecule has 0 aromatic carbocycles. The van der Waals surface area contributed by atoms with Crippen molar-refractivity contribution in [3.8, 4) is 0 Å². The lowest BCUT2D eigenvalue weighted by Crippen LogP contribution is -2.49. The summed E-state index contributed by atoms with van der Waals surface area (Å²) in [6, 6.07) is 0.378. The number of aryl methyl sites for hydroxylation is 2. The fourth-order valence-corrected chi connectivity index (χ4v) is 5.44. The van der Waals surface area contributed by atoms with Crippen molar-refractivity contribution >= 4 is 10.0 Å². The van der Waals surface area contributed by atoms with E-state index < -0.39 is 10.0 Å². The Kier molecular flexibility index (Phi) is 4.07. The summed E-state index contributed by atoms with van der Waals surface area (Å²) < 4.78 is 27.5. The van der Waals surface area contributed by atoms with Crippen LogP contribution in [0.15, 0.2) is 4.90 Å². The minimum absolute atomic E-state index is 0.365. The van der Waals surface area contributed by atoms with Crippen molar-refractivity contribution in [3.05, 3.63) is 11.4 Å². The van der Waals surface area contributed by atoms with Crippen LogP contribution < -0.4 is 0 Å². The van der Waals surface area contributed by atoms with E-state index >= 15 is 0 Å². The summed E-state index contributed by atoms with van der Waals surface area (Å²) in [5.74, 6) is 0. The zero-order valence-corrected chi connectivity index (χ0v) is 13.6. The molecule has 7 heteroatoms. The molecule has 1 aromatic rings. The summed E-state index contributed by atoms with van der Waals surface area (Å²) >= 11 is 0. The SMILES string of the molecule is Cc1n[nH]c(C)c1S(=O)(=O)N1CCCC(N2CCCC2)C1. The Morgan fingerprint density at radius 2 is 1.86 bits per heavy atom. The summed E-state index contributed by atoms with van der Waals surface area (Å²) in [6.07, 6.45) is 4.53. The Bertz CT molecular complexity index is 585. The lowest BCUT2D eigenvalue weighted by Gasteiger charge is -2.36. The van der Waals surface area contributed by atoms with Gasteiger partial charge < -0.3 is 0 Å². The maximum Gasteiger partial charge on any atom is 0.246 e. The average Bonchev–Trinajstić information content (AvgIpc) is 3.09. The Balaban J connectivity index is 1.82. The van der Waals surface area contributed by atoms with E-state index in [0.29, 0.717) is 35.4 Å². The Labute approximate surface area is 126 Å². The molecule has 3 rings (SSSR count). The van der Waals surface area contributed by atoms with E-state index in [1.807, 2.05) is 0 Å². The molecule has 0 amide bonds. The van der Waals surface area contributed by atoms with Gasteiger partial charge in [-0.15, -0.1) is 0 Å². The van der Waals surface area contributed by atoms with Gasteiger partial charge in [0.05, 0.1) is 11.4 Å². The van der Waals surface area contributed by atoms with Crippen LogP contribution in [0.25, 0.3) is 0 Å². The molecule has 3 heterocycles. The molecule has 0 spiro atoms. The highest BCUT2D eigenvalue weighted by molar-refractivity contribution is 7.89. The monoisotopic (exact) mass is 312 g/mol. The summed E-state index contributed by atoms with van der Waals surface area (Å²) in [7, 11) is -3.43. The molecule has 1 atom stereocenters.